The van der Waals surface area contributed by atoms with Gasteiger partial charge < -0.3 is 0 Å². The number of Topliss-reactive ketones (excluding diaryl/α,β-unsaturated/α-hetero) is 1. The molecule has 0 amide bonds. The van der Waals surface area contributed by atoms with E-state index in [4.69, 9.17) is 4.52 Å². The summed E-state index contributed by atoms with van der Waals surface area (Å²) in [5.41, 5.74) is 0. The van der Waals surface area contributed by atoms with Crippen molar-refractivity contribution in [3.05, 3.63) is 0 Å². The monoisotopic (exact) mass is 278 g/mol. The molecule has 1 saturated carbocycles. The molecule has 1 rings (SSSR count). The molecular formula is C12H23O5P. The van der Waals surface area contributed by atoms with E-state index in [1.165, 1.54) is 46.3 Å². The quantitative estimate of drug-likeness (QED) is 0.637. The Morgan fingerprint density at radius 3 is 2.33 bits per heavy atom. The van der Waals surface area contributed by atoms with E-state index in [0.29, 0.717) is 12.3 Å². The SMILES string of the molecule is COP(=O)(OC)OCC(=O)CCC1CCCCC1. The van der Waals surface area contributed by atoms with Crippen LogP contribution in [-0.4, -0.2) is 26.6 Å². The average Bonchev–Trinajstić information content (AvgIpc) is 2.43. The van der Waals surface area contributed by atoms with E-state index in [9.17, 15) is 9.36 Å². The summed E-state index contributed by atoms with van der Waals surface area (Å²) in [6, 6.07) is 0. The number of hydrogen-bond acceptors (Lipinski definition) is 5. The highest BCUT2D eigenvalue weighted by molar-refractivity contribution is 7.48. The molecular weight excluding hydrogens is 255 g/mol. The number of rotatable bonds is 8. The molecule has 106 valence electrons. The molecule has 0 heterocycles. The lowest BCUT2D eigenvalue weighted by atomic mass is 9.86. The topological polar surface area (TPSA) is 61.8 Å². The van der Waals surface area contributed by atoms with Crippen LogP contribution >= 0.6 is 7.82 Å². The van der Waals surface area contributed by atoms with Crippen LogP contribution in [0.3, 0.4) is 0 Å². The summed E-state index contributed by atoms with van der Waals surface area (Å²) in [6.07, 6.45) is 7.71. The second-order valence-electron chi connectivity index (χ2n) is 4.67. The van der Waals surface area contributed by atoms with Crippen molar-refractivity contribution in [2.75, 3.05) is 20.8 Å². The molecule has 0 spiro atoms. The fourth-order valence-corrected chi connectivity index (χ4v) is 2.91. The molecule has 0 N–H and O–H groups in total. The van der Waals surface area contributed by atoms with Crippen LogP contribution in [0.5, 0.6) is 0 Å². The maximum atomic E-state index is 11.6. The number of phosphoric acid groups is 1. The summed E-state index contributed by atoms with van der Waals surface area (Å²) in [7, 11) is -1.05. The van der Waals surface area contributed by atoms with Gasteiger partial charge >= 0.3 is 7.82 Å². The van der Waals surface area contributed by atoms with Crippen LogP contribution in [-0.2, 0) is 22.9 Å². The Labute approximate surface area is 109 Å². The fraction of sp³-hybridized carbons (Fsp3) is 0.917. The number of phosphoric ester groups is 1. The minimum Gasteiger partial charge on any atom is -0.297 e. The van der Waals surface area contributed by atoms with Crippen LogP contribution in [0.25, 0.3) is 0 Å². The van der Waals surface area contributed by atoms with Gasteiger partial charge in [0.05, 0.1) is 0 Å². The average molecular weight is 278 g/mol. The Kier molecular flexibility index (Phi) is 7.08. The van der Waals surface area contributed by atoms with Crippen molar-refractivity contribution in [2.24, 2.45) is 5.92 Å². The third-order valence-electron chi connectivity index (χ3n) is 3.39. The molecule has 0 radical (unpaired) electrons. The van der Waals surface area contributed by atoms with Crippen LogP contribution in [0.4, 0.5) is 0 Å². The van der Waals surface area contributed by atoms with Gasteiger partial charge in [0, 0.05) is 20.6 Å². The van der Waals surface area contributed by atoms with E-state index >= 15 is 0 Å². The molecule has 6 heteroatoms. The second kappa shape index (κ2) is 8.05. The molecule has 0 saturated heterocycles. The third-order valence-corrected chi connectivity index (χ3v) is 4.73. The Morgan fingerprint density at radius 2 is 1.78 bits per heavy atom. The van der Waals surface area contributed by atoms with Crippen LogP contribution in [0.2, 0.25) is 0 Å². The van der Waals surface area contributed by atoms with Gasteiger partial charge in [-0.25, -0.2) is 4.57 Å². The van der Waals surface area contributed by atoms with Crippen molar-refractivity contribution in [3.63, 3.8) is 0 Å². The van der Waals surface area contributed by atoms with E-state index in [2.05, 4.69) is 9.05 Å². The maximum absolute atomic E-state index is 11.6. The molecule has 5 nitrogen and oxygen atoms in total. The summed E-state index contributed by atoms with van der Waals surface area (Å²) < 4.78 is 25.6. The molecule has 0 unspecified atom stereocenters. The first-order valence-corrected chi connectivity index (χ1v) is 7.93. The van der Waals surface area contributed by atoms with Crippen LogP contribution in [0.15, 0.2) is 0 Å². The first-order chi connectivity index (χ1) is 8.59. The van der Waals surface area contributed by atoms with Crippen molar-refractivity contribution in [1.29, 1.82) is 0 Å². The predicted octanol–water partition coefficient (Wildman–Crippen LogP) is 3.33. The van der Waals surface area contributed by atoms with Crippen molar-refractivity contribution >= 4 is 13.6 Å². The first-order valence-electron chi connectivity index (χ1n) is 6.47. The summed E-state index contributed by atoms with van der Waals surface area (Å²) in [5.74, 6) is 0.620. The first kappa shape index (κ1) is 15.8. The van der Waals surface area contributed by atoms with E-state index in [0.717, 1.165) is 6.42 Å². The van der Waals surface area contributed by atoms with Gasteiger partial charge in [-0.1, -0.05) is 32.1 Å². The van der Waals surface area contributed by atoms with Gasteiger partial charge in [0.15, 0.2) is 5.78 Å². The molecule has 18 heavy (non-hydrogen) atoms. The van der Waals surface area contributed by atoms with E-state index < -0.39 is 7.82 Å². The van der Waals surface area contributed by atoms with Crippen molar-refractivity contribution < 1.29 is 22.9 Å². The largest absolute Gasteiger partial charge is 0.474 e. The lowest BCUT2D eigenvalue weighted by Crippen LogP contribution is -2.12. The highest BCUT2D eigenvalue weighted by Crippen LogP contribution is 2.47. The van der Waals surface area contributed by atoms with Crippen molar-refractivity contribution in [3.8, 4) is 0 Å². The number of carbonyl (C=O) groups is 1. The van der Waals surface area contributed by atoms with E-state index in [-0.39, 0.29) is 12.4 Å². The zero-order valence-corrected chi connectivity index (χ0v) is 12.1. The number of carbonyl (C=O) groups excluding carboxylic acids is 1. The maximum Gasteiger partial charge on any atom is 0.474 e. The molecule has 1 fully saturated rings. The molecule has 0 aliphatic heterocycles. The Hall–Kier alpha value is -0.220. The molecule has 0 aromatic heterocycles. The standard InChI is InChI=1S/C12H23O5P/c1-15-18(14,16-2)17-10-12(13)9-8-11-6-4-3-5-7-11/h11H,3-10H2,1-2H3. The Bertz CT molecular complexity index is 291. The second-order valence-corrected chi connectivity index (χ2v) is 6.55. The van der Waals surface area contributed by atoms with Crippen molar-refractivity contribution in [1.82, 2.24) is 0 Å². The smallest absolute Gasteiger partial charge is 0.297 e. The molecule has 0 bridgehead atoms. The van der Waals surface area contributed by atoms with Gasteiger partial charge in [0.1, 0.15) is 6.61 Å². The minimum absolute atomic E-state index is 0.0464. The lowest BCUT2D eigenvalue weighted by molar-refractivity contribution is -0.121. The number of ketones is 1. The minimum atomic E-state index is -3.51. The normalized spacial score (nSPS) is 17.9. The van der Waals surface area contributed by atoms with E-state index in [1.54, 1.807) is 0 Å². The molecule has 0 aromatic carbocycles. The Balaban J connectivity index is 2.19. The lowest BCUT2D eigenvalue weighted by Gasteiger charge is -2.21. The zero-order valence-electron chi connectivity index (χ0n) is 11.2. The van der Waals surface area contributed by atoms with Crippen LogP contribution < -0.4 is 0 Å². The summed E-state index contributed by atoms with van der Waals surface area (Å²) in [6.45, 7) is -0.203. The van der Waals surface area contributed by atoms with Crippen molar-refractivity contribution in [2.45, 2.75) is 44.9 Å². The Morgan fingerprint density at radius 1 is 1.17 bits per heavy atom. The van der Waals surface area contributed by atoms with Crippen LogP contribution in [0.1, 0.15) is 44.9 Å². The van der Waals surface area contributed by atoms with E-state index in [1.807, 2.05) is 0 Å². The molecule has 0 atom stereocenters. The van der Waals surface area contributed by atoms with Gasteiger partial charge in [-0.2, -0.15) is 0 Å². The van der Waals surface area contributed by atoms with Gasteiger partial charge in [-0.3, -0.25) is 18.4 Å². The highest BCUT2D eigenvalue weighted by atomic mass is 31.2. The molecule has 1 aliphatic carbocycles. The summed E-state index contributed by atoms with van der Waals surface area (Å²) in [5, 5.41) is 0. The van der Waals surface area contributed by atoms with Gasteiger partial charge in [-0.05, 0) is 12.3 Å². The van der Waals surface area contributed by atoms with Gasteiger partial charge in [0.2, 0.25) is 0 Å². The third kappa shape index (κ3) is 5.61. The van der Waals surface area contributed by atoms with Gasteiger partial charge in [0.25, 0.3) is 0 Å². The molecule has 0 aromatic rings. The molecule has 1 aliphatic rings. The van der Waals surface area contributed by atoms with Gasteiger partial charge in [-0.15, -0.1) is 0 Å². The fourth-order valence-electron chi connectivity index (χ4n) is 2.24. The predicted molar refractivity (Wildman–Crippen MR) is 68.4 cm³/mol. The number of hydrogen-bond donors (Lipinski definition) is 0. The zero-order chi connectivity index (χ0) is 13.4. The summed E-state index contributed by atoms with van der Waals surface area (Å²) in [4.78, 5) is 11.6. The van der Waals surface area contributed by atoms with Crippen LogP contribution in [0, 0.1) is 5.92 Å². The highest BCUT2D eigenvalue weighted by Gasteiger charge is 2.24. The summed E-state index contributed by atoms with van der Waals surface area (Å²) >= 11 is 0.